The van der Waals surface area contributed by atoms with Crippen LogP contribution in [0.4, 0.5) is 0 Å². The lowest BCUT2D eigenvalue weighted by molar-refractivity contribution is -0.117. The number of benzene rings is 1. The summed E-state index contributed by atoms with van der Waals surface area (Å²) in [5.41, 5.74) is 6.47. The lowest BCUT2D eigenvalue weighted by Crippen LogP contribution is -2.18. The number of halogens is 1. The Hall–Kier alpha value is -1.38. The van der Waals surface area contributed by atoms with Gasteiger partial charge in [0.25, 0.3) is 0 Å². The zero-order valence-corrected chi connectivity index (χ0v) is 14.1. The minimum atomic E-state index is -0.560. The summed E-state index contributed by atoms with van der Waals surface area (Å²) in [5, 5.41) is 1.03. The van der Waals surface area contributed by atoms with Gasteiger partial charge in [0.05, 0.1) is 7.11 Å². The van der Waals surface area contributed by atoms with Gasteiger partial charge in [-0.25, -0.2) is 9.78 Å². The minimum Gasteiger partial charge on any atom is -0.464 e. The molecule has 1 unspecified atom stereocenters. The molecule has 0 aliphatic heterocycles. The molecule has 0 fully saturated rings. The van der Waals surface area contributed by atoms with Crippen molar-refractivity contribution in [1.82, 2.24) is 4.98 Å². The molecule has 0 saturated carbocycles. The van der Waals surface area contributed by atoms with Gasteiger partial charge in [0.15, 0.2) is 10.0 Å². The molecule has 1 amide bonds. The summed E-state index contributed by atoms with van der Waals surface area (Å²) in [6, 6.07) is 7.32. The zero-order valence-electron chi connectivity index (χ0n) is 10.9. The Kier molecular flexibility index (Phi) is 5.38. The van der Waals surface area contributed by atoms with E-state index in [1.807, 2.05) is 24.3 Å². The molecule has 8 heteroatoms. The highest BCUT2D eigenvalue weighted by Gasteiger charge is 2.22. The molecule has 5 nitrogen and oxygen atoms in total. The third-order valence-corrected chi connectivity index (χ3v) is 5.30. The van der Waals surface area contributed by atoms with E-state index in [1.54, 1.807) is 5.38 Å². The minimum absolute atomic E-state index is 0.226. The molecule has 0 spiro atoms. The van der Waals surface area contributed by atoms with Gasteiger partial charge >= 0.3 is 5.97 Å². The smallest absolute Gasteiger partial charge is 0.357 e. The Bertz CT molecular complexity index is 658. The number of thiazole rings is 1. The van der Waals surface area contributed by atoms with Crippen molar-refractivity contribution in [2.45, 2.75) is 9.59 Å². The topological polar surface area (TPSA) is 82.3 Å². The van der Waals surface area contributed by atoms with E-state index in [1.165, 1.54) is 30.2 Å². The fourth-order valence-electron chi connectivity index (χ4n) is 1.54. The molecule has 0 saturated heterocycles. The number of ether oxygens (including phenoxy) is 1. The number of hydrogen-bond acceptors (Lipinski definition) is 6. The molecule has 0 aliphatic carbocycles. The van der Waals surface area contributed by atoms with Gasteiger partial charge in [-0.15, -0.1) is 11.3 Å². The van der Waals surface area contributed by atoms with Gasteiger partial charge in [0.2, 0.25) is 5.91 Å². The first-order valence-electron chi connectivity index (χ1n) is 5.76. The first-order valence-corrected chi connectivity index (χ1v) is 8.31. The Morgan fingerprint density at radius 2 is 2.05 bits per heavy atom. The van der Waals surface area contributed by atoms with E-state index in [2.05, 4.69) is 25.7 Å². The number of methoxy groups -OCH3 is 1. The molecular weight excluding hydrogens is 376 g/mol. The standard InChI is InChI=1S/C13H11BrN2O3S2/c1-19-12(18)9-6-20-13(16-9)21-10(11(15)17)7-2-4-8(14)5-3-7/h2-6,10H,1H3,(H2,15,17). The van der Waals surface area contributed by atoms with Crippen LogP contribution in [-0.4, -0.2) is 24.0 Å². The van der Waals surface area contributed by atoms with E-state index in [0.29, 0.717) is 4.34 Å². The monoisotopic (exact) mass is 386 g/mol. The maximum absolute atomic E-state index is 11.7. The molecule has 21 heavy (non-hydrogen) atoms. The second-order valence-electron chi connectivity index (χ2n) is 3.94. The summed E-state index contributed by atoms with van der Waals surface area (Å²) < 4.78 is 6.10. The predicted molar refractivity (Wildman–Crippen MR) is 85.4 cm³/mol. The number of primary amides is 1. The number of carbonyl (C=O) groups excluding carboxylic acids is 2. The predicted octanol–water partition coefficient (Wildman–Crippen LogP) is 3.01. The third kappa shape index (κ3) is 4.05. The third-order valence-electron chi connectivity index (χ3n) is 2.53. The summed E-state index contributed by atoms with van der Waals surface area (Å²) in [5.74, 6) is -0.963. The van der Waals surface area contributed by atoms with Gasteiger partial charge in [-0.2, -0.15) is 0 Å². The van der Waals surface area contributed by atoms with Crippen LogP contribution in [0.1, 0.15) is 21.3 Å². The molecule has 0 aliphatic rings. The first-order chi connectivity index (χ1) is 10.0. The van der Waals surface area contributed by atoms with E-state index in [0.717, 1.165) is 10.0 Å². The largest absolute Gasteiger partial charge is 0.464 e. The Labute approximate surface area is 138 Å². The van der Waals surface area contributed by atoms with Crippen LogP contribution in [0.25, 0.3) is 0 Å². The van der Waals surface area contributed by atoms with Crippen molar-refractivity contribution in [2.75, 3.05) is 7.11 Å². The Balaban J connectivity index is 2.20. The van der Waals surface area contributed by atoms with Crippen molar-refractivity contribution in [2.24, 2.45) is 5.73 Å². The lowest BCUT2D eigenvalue weighted by Gasteiger charge is -2.11. The molecule has 1 aromatic carbocycles. The number of nitrogens with zero attached hydrogens (tertiary/aromatic N) is 1. The Morgan fingerprint density at radius 1 is 1.38 bits per heavy atom. The highest BCUT2D eigenvalue weighted by atomic mass is 79.9. The fourth-order valence-corrected chi connectivity index (χ4v) is 3.73. The van der Waals surface area contributed by atoms with Gasteiger partial charge in [-0.05, 0) is 17.7 Å². The summed E-state index contributed by atoms with van der Waals surface area (Å²) in [4.78, 5) is 27.2. The van der Waals surface area contributed by atoms with Crippen LogP contribution in [0.5, 0.6) is 0 Å². The number of hydrogen-bond donors (Lipinski definition) is 1. The number of aromatic nitrogens is 1. The van der Waals surface area contributed by atoms with E-state index in [-0.39, 0.29) is 5.69 Å². The van der Waals surface area contributed by atoms with Gasteiger partial charge in [-0.1, -0.05) is 39.8 Å². The summed E-state index contributed by atoms with van der Waals surface area (Å²) in [6.07, 6.45) is 0. The molecule has 1 aromatic heterocycles. The van der Waals surface area contributed by atoms with Crippen LogP contribution in [0.2, 0.25) is 0 Å². The van der Waals surface area contributed by atoms with Gasteiger partial charge in [0, 0.05) is 9.85 Å². The van der Waals surface area contributed by atoms with Crippen LogP contribution in [-0.2, 0) is 9.53 Å². The molecule has 2 N–H and O–H groups in total. The number of esters is 1. The van der Waals surface area contributed by atoms with Crippen LogP contribution in [0.3, 0.4) is 0 Å². The SMILES string of the molecule is COC(=O)c1csc(SC(C(N)=O)c2ccc(Br)cc2)n1. The van der Waals surface area contributed by atoms with Crippen molar-refractivity contribution >= 4 is 50.9 Å². The maximum Gasteiger partial charge on any atom is 0.357 e. The van der Waals surface area contributed by atoms with Crippen molar-refractivity contribution in [3.8, 4) is 0 Å². The van der Waals surface area contributed by atoms with Crippen molar-refractivity contribution in [3.63, 3.8) is 0 Å². The molecule has 1 atom stereocenters. The van der Waals surface area contributed by atoms with Crippen molar-refractivity contribution in [1.29, 1.82) is 0 Å². The van der Waals surface area contributed by atoms with E-state index in [9.17, 15) is 9.59 Å². The Morgan fingerprint density at radius 3 is 2.62 bits per heavy atom. The zero-order chi connectivity index (χ0) is 15.4. The van der Waals surface area contributed by atoms with Crippen LogP contribution in [0.15, 0.2) is 38.5 Å². The average molecular weight is 387 g/mol. The molecule has 2 aromatic rings. The number of rotatable bonds is 5. The van der Waals surface area contributed by atoms with Gasteiger partial charge < -0.3 is 10.5 Å². The van der Waals surface area contributed by atoms with E-state index >= 15 is 0 Å². The van der Waals surface area contributed by atoms with Crippen molar-refractivity contribution < 1.29 is 14.3 Å². The van der Waals surface area contributed by atoms with Crippen LogP contribution in [0, 0.1) is 0 Å². The quantitative estimate of drug-likeness (QED) is 0.630. The summed E-state index contributed by atoms with van der Waals surface area (Å²) >= 11 is 5.83. The molecule has 0 bridgehead atoms. The van der Waals surface area contributed by atoms with Crippen molar-refractivity contribution in [3.05, 3.63) is 45.4 Å². The maximum atomic E-state index is 11.7. The summed E-state index contributed by atoms with van der Waals surface area (Å²) in [7, 11) is 1.29. The van der Waals surface area contributed by atoms with E-state index < -0.39 is 17.1 Å². The fraction of sp³-hybridized carbons (Fsp3) is 0.154. The number of carbonyl (C=O) groups is 2. The van der Waals surface area contributed by atoms with Gasteiger partial charge in [-0.3, -0.25) is 4.79 Å². The van der Waals surface area contributed by atoms with Crippen LogP contribution < -0.4 is 5.73 Å². The molecule has 1 heterocycles. The molecule has 0 radical (unpaired) electrons. The first kappa shape index (κ1) is 16.0. The second-order valence-corrected chi connectivity index (χ2v) is 7.07. The highest BCUT2D eigenvalue weighted by molar-refractivity contribution is 9.10. The average Bonchev–Trinajstić information content (AvgIpc) is 2.93. The summed E-state index contributed by atoms with van der Waals surface area (Å²) in [6.45, 7) is 0. The molecule has 110 valence electrons. The van der Waals surface area contributed by atoms with Gasteiger partial charge in [0.1, 0.15) is 5.25 Å². The number of thioether (sulfide) groups is 1. The number of amides is 1. The lowest BCUT2D eigenvalue weighted by atomic mass is 10.1. The highest BCUT2D eigenvalue weighted by Crippen LogP contribution is 2.37. The normalized spacial score (nSPS) is 11.9. The number of nitrogens with two attached hydrogens (primary N) is 1. The molecule has 2 rings (SSSR count). The second kappa shape index (κ2) is 7.06. The molecular formula is C13H11BrN2O3S2. The van der Waals surface area contributed by atoms with Crippen LogP contribution >= 0.6 is 39.0 Å². The van der Waals surface area contributed by atoms with E-state index in [4.69, 9.17) is 5.73 Å².